The first-order chi connectivity index (χ1) is 13.7. The molecule has 0 aliphatic carbocycles. The van der Waals surface area contributed by atoms with Crippen LogP contribution in [0.3, 0.4) is 0 Å². The van der Waals surface area contributed by atoms with Crippen LogP contribution < -0.4 is 4.74 Å². The molecule has 1 aromatic heterocycles. The minimum atomic E-state index is -4.49. The van der Waals surface area contributed by atoms with Gasteiger partial charge < -0.3 is 4.74 Å². The second-order valence-corrected chi connectivity index (χ2v) is 6.57. The topological polar surface area (TPSA) is 42.3 Å². The SMILES string of the molecule is C#[N+]c1[nH]nc(-c2cc(C(F)(F)F)ccc2OC)c1/C=C(\C)c1cccc(C)c1. The van der Waals surface area contributed by atoms with Gasteiger partial charge in [-0.05, 0) is 49.3 Å². The van der Waals surface area contributed by atoms with E-state index in [1.54, 1.807) is 6.08 Å². The van der Waals surface area contributed by atoms with Gasteiger partial charge in [0.15, 0.2) is 0 Å². The Morgan fingerprint density at radius 1 is 1.21 bits per heavy atom. The molecule has 4 nitrogen and oxygen atoms in total. The van der Waals surface area contributed by atoms with E-state index in [-0.39, 0.29) is 22.8 Å². The van der Waals surface area contributed by atoms with Gasteiger partial charge in [-0.3, -0.25) is 0 Å². The highest BCUT2D eigenvalue weighted by Crippen LogP contribution is 2.40. The number of rotatable bonds is 4. The summed E-state index contributed by atoms with van der Waals surface area (Å²) < 4.78 is 45.0. The largest absolute Gasteiger partial charge is 0.496 e. The Kier molecular flexibility index (Phi) is 5.46. The van der Waals surface area contributed by atoms with E-state index in [0.29, 0.717) is 5.56 Å². The van der Waals surface area contributed by atoms with E-state index in [2.05, 4.69) is 15.0 Å². The van der Waals surface area contributed by atoms with Gasteiger partial charge in [0.25, 0.3) is 0 Å². The summed E-state index contributed by atoms with van der Waals surface area (Å²) in [7, 11) is 1.39. The second-order valence-electron chi connectivity index (χ2n) is 6.57. The second kappa shape index (κ2) is 7.84. The van der Waals surface area contributed by atoms with Gasteiger partial charge in [-0.2, -0.15) is 18.0 Å². The number of allylic oxidation sites excluding steroid dienone is 1. The van der Waals surface area contributed by atoms with Gasteiger partial charge in [0.05, 0.1) is 12.7 Å². The number of aryl methyl sites for hydroxylation is 1. The number of H-pyrrole nitrogens is 1. The molecule has 7 heteroatoms. The van der Waals surface area contributed by atoms with Crippen molar-refractivity contribution in [3.63, 3.8) is 0 Å². The smallest absolute Gasteiger partial charge is 0.416 e. The molecule has 148 valence electrons. The molecule has 0 fully saturated rings. The van der Waals surface area contributed by atoms with Gasteiger partial charge in [-0.15, -0.1) is 5.10 Å². The molecule has 0 saturated heterocycles. The predicted molar refractivity (Wildman–Crippen MR) is 108 cm³/mol. The Morgan fingerprint density at radius 3 is 2.59 bits per heavy atom. The van der Waals surface area contributed by atoms with Crippen LogP contribution in [0.5, 0.6) is 5.75 Å². The van der Waals surface area contributed by atoms with Crippen LogP contribution in [0.15, 0.2) is 42.5 Å². The van der Waals surface area contributed by atoms with E-state index < -0.39 is 11.7 Å². The van der Waals surface area contributed by atoms with Crippen molar-refractivity contribution in [1.82, 2.24) is 10.2 Å². The van der Waals surface area contributed by atoms with Crippen LogP contribution in [0.4, 0.5) is 19.0 Å². The van der Waals surface area contributed by atoms with Crippen LogP contribution in [-0.2, 0) is 6.18 Å². The Balaban J connectivity index is 2.20. The van der Waals surface area contributed by atoms with E-state index in [1.807, 2.05) is 38.1 Å². The monoisotopic (exact) mass is 398 g/mol. The zero-order chi connectivity index (χ0) is 21.2. The van der Waals surface area contributed by atoms with Crippen LogP contribution in [0.1, 0.15) is 29.2 Å². The third-order valence-corrected chi connectivity index (χ3v) is 4.53. The fourth-order valence-electron chi connectivity index (χ4n) is 3.04. The molecule has 0 radical (unpaired) electrons. The van der Waals surface area contributed by atoms with Crippen molar-refractivity contribution >= 4 is 17.5 Å². The van der Waals surface area contributed by atoms with E-state index in [0.717, 1.165) is 28.8 Å². The van der Waals surface area contributed by atoms with E-state index in [4.69, 9.17) is 11.3 Å². The molecule has 3 rings (SSSR count). The molecule has 1 N–H and O–H groups in total. The average molecular weight is 398 g/mol. The van der Waals surface area contributed by atoms with Crippen LogP contribution in [0.2, 0.25) is 0 Å². The minimum Gasteiger partial charge on any atom is -0.496 e. The summed E-state index contributed by atoms with van der Waals surface area (Å²) in [4.78, 5) is 3.68. The lowest BCUT2D eigenvalue weighted by molar-refractivity contribution is -0.137. The predicted octanol–water partition coefficient (Wildman–Crippen LogP) is 6.57. The van der Waals surface area contributed by atoms with Crippen LogP contribution >= 0.6 is 0 Å². The minimum absolute atomic E-state index is 0.191. The summed E-state index contributed by atoms with van der Waals surface area (Å²) in [5.74, 6) is 0.516. The molecule has 3 aromatic rings. The lowest BCUT2D eigenvalue weighted by Gasteiger charge is -2.11. The molecule has 0 saturated carbocycles. The number of hydrogen-bond acceptors (Lipinski definition) is 2. The van der Waals surface area contributed by atoms with E-state index in [9.17, 15) is 13.2 Å². The molecular formula is C22H19F3N3O+. The Hall–Kier alpha value is -3.53. The highest BCUT2D eigenvalue weighted by molar-refractivity contribution is 5.90. The molecule has 0 aliphatic heterocycles. The molecule has 0 spiro atoms. The summed E-state index contributed by atoms with van der Waals surface area (Å²) in [6, 6.07) is 11.1. The number of nitrogens with zero attached hydrogens (tertiary/aromatic N) is 2. The molecule has 2 aromatic carbocycles. The number of halogens is 3. The zero-order valence-corrected chi connectivity index (χ0v) is 16.1. The number of methoxy groups -OCH3 is 1. The number of aromatic amines is 1. The van der Waals surface area contributed by atoms with Gasteiger partial charge >= 0.3 is 12.0 Å². The quantitative estimate of drug-likeness (QED) is 0.540. The van der Waals surface area contributed by atoms with Gasteiger partial charge in [0.2, 0.25) is 0 Å². The molecule has 0 unspecified atom stereocenters. The first-order valence-corrected chi connectivity index (χ1v) is 8.75. The first-order valence-electron chi connectivity index (χ1n) is 8.75. The Labute approximate surface area is 166 Å². The fourth-order valence-corrected chi connectivity index (χ4v) is 3.04. The zero-order valence-electron chi connectivity index (χ0n) is 16.1. The Bertz CT molecular complexity index is 1120. The number of nitrogens with one attached hydrogen (secondary N) is 1. The maximum atomic E-state index is 13.2. The highest BCUT2D eigenvalue weighted by atomic mass is 19.4. The third-order valence-electron chi connectivity index (χ3n) is 4.53. The first kappa shape index (κ1) is 20.2. The average Bonchev–Trinajstić information content (AvgIpc) is 3.09. The standard InChI is InChI=1S/C22H19F3N3O/c1-13-6-5-7-15(10-13)14(2)11-18-20(27-28-21(18)26-3)17-12-16(22(23,24)25)8-9-19(17)29-4/h3,5-12H,1-2,4H3,(H,27,28)/q+1/b14-11+. The van der Waals surface area contributed by atoms with E-state index >= 15 is 0 Å². The van der Waals surface area contributed by atoms with Crippen molar-refractivity contribution in [2.24, 2.45) is 0 Å². The van der Waals surface area contributed by atoms with E-state index in [1.165, 1.54) is 13.2 Å². The van der Waals surface area contributed by atoms with Crippen molar-refractivity contribution in [1.29, 1.82) is 0 Å². The van der Waals surface area contributed by atoms with Crippen LogP contribution in [0.25, 0.3) is 27.8 Å². The van der Waals surface area contributed by atoms with Gasteiger partial charge in [0, 0.05) is 5.56 Å². The summed E-state index contributed by atoms with van der Waals surface area (Å²) in [5.41, 5.74) is 3.08. The lowest BCUT2D eigenvalue weighted by Crippen LogP contribution is -2.05. The molecule has 0 aliphatic rings. The molecule has 0 amide bonds. The Morgan fingerprint density at radius 2 is 1.97 bits per heavy atom. The number of ether oxygens (including phenoxy) is 1. The van der Waals surface area contributed by atoms with Crippen molar-refractivity contribution in [3.8, 4) is 23.6 Å². The number of aromatic nitrogens is 2. The number of hydrogen-bond donors (Lipinski definition) is 1. The van der Waals surface area contributed by atoms with Crippen LogP contribution in [-0.4, -0.2) is 17.3 Å². The lowest BCUT2D eigenvalue weighted by atomic mass is 9.99. The highest BCUT2D eigenvalue weighted by Gasteiger charge is 2.32. The van der Waals surface area contributed by atoms with Crippen LogP contribution in [0, 0.1) is 13.5 Å². The summed E-state index contributed by atoms with van der Waals surface area (Å²) in [6.45, 7) is 9.34. The van der Waals surface area contributed by atoms with Gasteiger partial charge in [0.1, 0.15) is 23.6 Å². The summed E-state index contributed by atoms with van der Waals surface area (Å²) in [6.07, 6.45) is -2.70. The molecule has 0 bridgehead atoms. The fraction of sp³-hybridized carbons (Fsp3) is 0.182. The van der Waals surface area contributed by atoms with Gasteiger partial charge in [-0.25, -0.2) is 0 Å². The maximum absolute atomic E-state index is 13.2. The van der Waals surface area contributed by atoms with Crippen molar-refractivity contribution in [3.05, 3.63) is 69.6 Å². The van der Waals surface area contributed by atoms with Crippen molar-refractivity contribution in [2.75, 3.05) is 7.11 Å². The number of alkyl halides is 3. The van der Waals surface area contributed by atoms with Gasteiger partial charge in [-0.1, -0.05) is 34.9 Å². The normalized spacial score (nSPS) is 12.0. The molecule has 0 atom stereocenters. The molecule has 29 heavy (non-hydrogen) atoms. The summed E-state index contributed by atoms with van der Waals surface area (Å²) >= 11 is 0. The number of benzene rings is 2. The maximum Gasteiger partial charge on any atom is 0.416 e. The molecular weight excluding hydrogens is 379 g/mol. The van der Waals surface area contributed by atoms with Crippen molar-refractivity contribution in [2.45, 2.75) is 20.0 Å². The summed E-state index contributed by atoms with van der Waals surface area (Å²) in [5, 5.41) is 6.84. The van der Waals surface area contributed by atoms with Crippen molar-refractivity contribution < 1.29 is 17.9 Å². The molecule has 1 heterocycles. The third kappa shape index (κ3) is 4.16.